The largest absolute Gasteiger partial charge is 0.497 e. The van der Waals surface area contributed by atoms with Gasteiger partial charge in [0.25, 0.3) is 0 Å². The summed E-state index contributed by atoms with van der Waals surface area (Å²) < 4.78 is 5.10. The number of aryl methyl sites for hydroxylation is 1. The van der Waals surface area contributed by atoms with Gasteiger partial charge in [-0.1, -0.05) is 13.3 Å². The van der Waals surface area contributed by atoms with Gasteiger partial charge in [-0.25, -0.2) is 0 Å². The highest BCUT2D eigenvalue weighted by Crippen LogP contribution is 2.21. The third kappa shape index (κ3) is 4.55. The predicted octanol–water partition coefficient (Wildman–Crippen LogP) is 2.49. The molecular formula is C13H21ClN2O2. The predicted molar refractivity (Wildman–Crippen MR) is 76.5 cm³/mol. The molecule has 102 valence electrons. The second-order valence-corrected chi connectivity index (χ2v) is 4.07. The van der Waals surface area contributed by atoms with Crippen LogP contribution < -0.4 is 15.8 Å². The molecule has 0 fully saturated rings. The van der Waals surface area contributed by atoms with Crippen molar-refractivity contribution in [1.82, 2.24) is 0 Å². The van der Waals surface area contributed by atoms with Crippen LogP contribution in [0.4, 0.5) is 5.69 Å². The number of carbonyl (C=O) groups excluding carboxylic acids is 1. The molecular weight excluding hydrogens is 252 g/mol. The summed E-state index contributed by atoms with van der Waals surface area (Å²) in [4.78, 5) is 11.7. The summed E-state index contributed by atoms with van der Waals surface area (Å²) in [5, 5.41) is 2.83. The lowest BCUT2D eigenvalue weighted by Crippen LogP contribution is -2.35. The van der Waals surface area contributed by atoms with Crippen molar-refractivity contribution in [2.75, 3.05) is 12.4 Å². The van der Waals surface area contributed by atoms with Gasteiger partial charge in [0.1, 0.15) is 5.75 Å². The van der Waals surface area contributed by atoms with Gasteiger partial charge in [-0.3, -0.25) is 4.79 Å². The number of rotatable bonds is 5. The molecule has 1 amide bonds. The maximum Gasteiger partial charge on any atom is 0.241 e. The third-order valence-electron chi connectivity index (χ3n) is 2.63. The van der Waals surface area contributed by atoms with E-state index in [9.17, 15) is 4.79 Å². The van der Waals surface area contributed by atoms with Crippen molar-refractivity contribution in [2.24, 2.45) is 5.73 Å². The molecule has 0 bridgehead atoms. The number of nitrogens with one attached hydrogen (secondary N) is 1. The first-order chi connectivity index (χ1) is 8.08. The summed E-state index contributed by atoms with van der Waals surface area (Å²) in [6.07, 6.45) is 1.59. The highest BCUT2D eigenvalue weighted by Gasteiger charge is 2.13. The van der Waals surface area contributed by atoms with Crippen molar-refractivity contribution in [3.05, 3.63) is 23.8 Å². The molecule has 5 heteroatoms. The Morgan fingerprint density at radius 1 is 1.50 bits per heavy atom. The van der Waals surface area contributed by atoms with E-state index in [1.54, 1.807) is 7.11 Å². The molecule has 0 spiro atoms. The highest BCUT2D eigenvalue weighted by atomic mass is 35.5. The molecule has 18 heavy (non-hydrogen) atoms. The molecule has 0 aliphatic rings. The Bertz CT molecular complexity index is 397. The summed E-state index contributed by atoms with van der Waals surface area (Å²) in [6.45, 7) is 3.93. The zero-order chi connectivity index (χ0) is 12.8. The fraction of sp³-hybridized carbons (Fsp3) is 0.462. The lowest BCUT2D eigenvalue weighted by atomic mass is 10.1. The first-order valence-corrected chi connectivity index (χ1v) is 5.79. The van der Waals surface area contributed by atoms with E-state index in [1.165, 1.54) is 0 Å². The molecule has 1 aromatic carbocycles. The van der Waals surface area contributed by atoms with Crippen LogP contribution in [-0.4, -0.2) is 19.1 Å². The Hall–Kier alpha value is -1.26. The molecule has 0 saturated heterocycles. The number of carbonyl (C=O) groups is 1. The Kier molecular flexibility index (Phi) is 7.39. The van der Waals surface area contributed by atoms with Gasteiger partial charge in [-0.15, -0.1) is 12.4 Å². The van der Waals surface area contributed by atoms with Gasteiger partial charge in [0.2, 0.25) is 5.91 Å². The maximum atomic E-state index is 11.7. The number of halogens is 1. The summed E-state index contributed by atoms with van der Waals surface area (Å²) >= 11 is 0. The van der Waals surface area contributed by atoms with Gasteiger partial charge >= 0.3 is 0 Å². The zero-order valence-corrected chi connectivity index (χ0v) is 11.8. The topological polar surface area (TPSA) is 64.4 Å². The molecule has 1 rings (SSSR count). The molecule has 3 N–H and O–H groups in total. The lowest BCUT2D eigenvalue weighted by molar-refractivity contribution is -0.117. The summed E-state index contributed by atoms with van der Waals surface area (Å²) in [7, 11) is 1.62. The van der Waals surface area contributed by atoms with Gasteiger partial charge in [0.05, 0.1) is 13.2 Å². The number of hydrogen-bond acceptors (Lipinski definition) is 3. The Morgan fingerprint density at radius 3 is 2.67 bits per heavy atom. The molecule has 0 aromatic heterocycles. The van der Waals surface area contributed by atoms with Gasteiger partial charge in [0.15, 0.2) is 0 Å². The van der Waals surface area contributed by atoms with E-state index in [1.807, 2.05) is 32.0 Å². The van der Waals surface area contributed by atoms with Crippen molar-refractivity contribution < 1.29 is 9.53 Å². The monoisotopic (exact) mass is 272 g/mol. The quantitative estimate of drug-likeness (QED) is 0.866. The fourth-order valence-corrected chi connectivity index (χ4v) is 1.57. The third-order valence-corrected chi connectivity index (χ3v) is 2.63. The van der Waals surface area contributed by atoms with Crippen LogP contribution in [-0.2, 0) is 4.79 Å². The standard InChI is InChI=1S/C13H20N2O2.ClH/c1-4-5-11(14)13(16)15-12-7-6-10(17-3)8-9(12)2;/h6-8,11H,4-5,14H2,1-3H3,(H,15,16);1H. The number of benzene rings is 1. The number of amides is 1. The molecule has 1 aromatic rings. The number of hydrogen-bond donors (Lipinski definition) is 2. The van der Waals surface area contributed by atoms with E-state index in [2.05, 4.69) is 5.32 Å². The molecule has 1 unspecified atom stereocenters. The van der Waals surface area contributed by atoms with Crippen molar-refractivity contribution in [1.29, 1.82) is 0 Å². The normalized spacial score (nSPS) is 11.3. The average molecular weight is 273 g/mol. The highest BCUT2D eigenvalue weighted by molar-refractivity contribution is 5.95. The van der Waals surface area contributed by atoms with E-state index < -0.39 is 6.04 Å². The first kappa shape index (κ1) is 16.7. The number of nitrogens with two attached hydrogens (primary N) is 1. The minimum atomic E-state index is -0.443. The fourth-order valence-electron chi connectivity index (χ4n) is 1.57. The zero-order valence-electron chi connectivity index (χ0n) is 11.0. The number of methoxy groups -OCH3 is 1. The molecule has 1 atom stereocenters. The minimum Gasteiger partial charge on any atom is -0.497 e. The van der Waals surface area contributed by atoms with Crippen molar-refractivity contribution in [2.45, 2.75) is 32.7 Å². The van der Waals surface area contributed by atoms with E-state index in [-0.39, 0.29) is 18.3 Å². The van der Waals surface area contributed by atoms with Crippen LogP contribution in [0.1, 0.15) is 25.3 Å². The van der Waals surface area contributed by atoms with Crippen molar-refractivity contribution in [3.63, 3.8) is 0 Å². The van der Waals surface area contributed by atoms with Crippen LogP contribution in [0.3, 0.4) is 0 Å². The minimum absolute atomic E-state index is 0. The number of ether oxygens (including phenoxy) is 1. The van der Waals surface area contributed by atoms with Gasteiger partial charge in [-0.2, -0.15) is 0 Å². The van der Waals surface area contributed by atoms with Crippen LogP contribution in [0.2, 0.25) is 0 Å². The van der Waals surface area contributed by atoms with Crippen LogP contribution in [0.5, 0.6) is 5.75 Å². The second kappa shape index (κ2) is 7.95. The van der Waals surface area contributed by atoms with E-state index in [4.69, 9.17) is 10.5 Å². The molecule has 0 aliphatic heterocycles. The van der Waals surface area contributed by atoms with Crippen molar-refractivity contribution >= 4 is 24.0 Å². The van der Waals surface area contributed by atoms with Crippen LogP contribution in [0.25, 0.3) is 0 Å². The average Bonchev–Trinajstić information content (AvgIpc) is 2.31. The maximum absolute atomic E-state index is 11.7. The summed E-state index contributed by atoms with van der Waals surface area (Å²) in [5.74, 6) is 0.637. The van der Waals surface area contributed by atoms with Crippen LogP contribution in [0, 0.1) is 6.92 Å². The second-order valence-electron chi connectivity index (χ2n) is 4.07. The molecule has 0 saturated carbocycles. The Labute approximate surface area is 114 Å². The SMILES string of the molecule is CCCC(N)C(=O)Nc1ccc(OC)cc1C.Cl. The number of anilines is 1. The van der Waals surface area contributed by atoms with E-state index in [0.717, 1.165) is 23.4 Å². The first-order valence-electron chi connectivity index (χ1n) is 5.79. The Morgan fingerprint density at radius 2 is 2.17 bits per heavy atom. The van der Waals surface area contributed by atoms with E-state index in [0.29, 0.717) is 6.42 Å². The summed E-state index contributed by atoms with van der Waals surface area (Å²) in [6, 6.07) is 5.07. The van der Waals surface area contributed by atoms with Gasteiger partial charge in [0, 0.05) is 5.69 Å². The van der Waals surface area contributed by atoms with Gasteiger partial charge in [-0.05, 0) is 37.1 Å². The molecule has 4 nitrogen and oxygen atoms in total. The smallest absolute Gasteiger partial charge is 0.241 e. The van der Waals surface area contributed by atoms with Gasteiger partial charge < -0.3 is 15.8 Å². The van der Waals surface area contributed by atoms with E-state index >= 15 is 0 Å². The lowest BCUT2D eigenvalue weighted by Gasteiger charge is -2.13. The molecule has 0 radical (unpaired) electrons. The molecule has 0 heterocycles. The van der Waals surface area contributed by atoms with Crippen LogP contribution in [0.15, 0.2) is 18.2 Å². The summed E-state index contributed by atoms with van der Waals surface area (Å²) in [5.41, 5.74) is 7.48. The Balaban J connectivity index is 0.00000289. The van der Waals surface area contributed by atoms with Crippen molar-refractivity contribution in [3.8, 4) is 5.75 Å². The van der Waals surface area contributed by atoms with Crippen LogP contribution >= 0.6 is 12.4 Å². The molecule has 0 aliphatic carbocycles.